The van der Waals surface area contributed by atoms with Crippen molar-refractivity contribution in [3.05, 3.63) is 95.9 Å². The molecule has 5 nitrogen and oxygen atoms in total. The van der Waals surface area contributed by atoms with Gasteiger partial charge in [-0.3, -0.25) is 9.59 Å². The SMILES string of the molecule is COc1cccc(NC2=C(c3ccccc3)C(=O)N(c3ccc(F)cc3)C2=O)c1. The van der Waals surface area contributed by atoms with Gasteiger partial charge in [0.05, 0.1) is 18.4 Å². The van der Waals surface area contributed by atoms with E-state index in [-0.39, 0.29) is 11.3 Å². The van der Waals surface area contributed by atoms with Crippen molar-refractivity contribution < 1.29 is 18.7 Å². The summed E-state index contributed by atoms with van der Waals surface area (Å²) in [5.74, 6) is -0.815. The van der Waals surface area contributed by atoms with Gasteiger partial charge >= 0.3 is 0 Å². The Morgan fingerprint density at radius 1 is 0.862 bits per heavy atom. The van der Waals surface area contributed by atoms with Gasteiger partial charge in [-0.2, -0.15) is 0 Å². The van der Waals surface area contributed by atoms with E-state index >= 15 is 0 Å². The summed E-state index contributed by atoms with van der Waals surface area (Å²) in [6.07, 6.45) is 0. The van der Waals surface area contributed by atoms with Crippen LogP contribution in [0.1, 0.15) is 5.56 Å². The molecule has 0 aliphatic carbocycles. The molecule has 1 aliphatic rings. The second kappa shape index (κ2) is 7.59. The number of anilines is 2. The van der Waals surface area contributed by atoms with Gasteiger partial charge in [0.15, 0.2) is 0 Å². The Morgan fingerprint density at radius 3 is 2.28 bits per heavy atom. The number of benzene rings is 3. The minimum atomic E-state index is -0.511. The average Bonchev–Trinajstić information content (AvgIpc) is 2.99. The van der Waals surface area contributed by atoms with Crippen molar-refractivity contribution in [1.29, 1.82) is 0 Å². The van der Waals surface area contributed by atoms with Crippen LogP contribution in [0.25, 0.3) is 5.57 Å². The quantitative estimate of drug-likeness (QED) is 0.665. The van der Waals surface area contributed by atoms with Crippen molar-refractivity contribution in [3.63, 3.8) is 0 Å². The highest BCUT2D eigenvalue weighted by Crippen LogP contribution is 2.34. The van der Waals surface area contributed by atoms with E-state index < -0.39 is 17.6 Å². The Labute approximate surface area is 167 Å². The molecule has 0 radical (unpaired) electrons. The van der Waals surface area contributed by atoms with E-state index in [9.17, 15) is 14.0 Å². The summed E-state index contributed by atoms with van der Waals surface area (Å²) < 4.78 is 18.5. The Hall–Kier alpha value is -3.93. The number of amides is 2. The van der Waals surface area contributed by atoms with E-state index in [4.69, 9.17) is 4.74 Å². The summed E-state index contributed by atoms with van der Waals surface area (Å²) >= 11 is 0. The zero-order valence-electron chi connectivity index (χ0n) is 15.6. The lowest BCUT2D eigenvalue weighted by molar-refractivity contribution is -0.120. The van der Waals surface area contributed by atoms with Crippen LogP contribution < -0.4 is 15.0 Å². The molecule has 1 heterocycles. The molecule has 3 aromatic rings. The van der Waals surface area contributed by atoms with E-state index in [0.29, 0.717) is 22.7 Å². The molecule has 29 heavy (non-hydrogen) atoms. The van der Waals surface area contributed by atoms with Crippen molar-refractivity contribution in [2.75, 3.05) is 17.3 Å². The topological polar surface area (TPSA) is 58.6 Å². The van der Waals surface area contributed by atoms with Gasteiger partial charge in [0.25, 0.3) is 11.8 Å². The first-order chi connectivity index (χ1) is 14.1. The van der Waals surface area contributed by atoms with Crippen LogP contribution in [0.4, 0.5) is 15.8 Å². The number of carbonyl (C=O) groups excluding carboxylic acids is 2. The Balaban J connectivity index is 1.80. The van der Waals surface area contributed by atoms with Crippen LogP contribution in [0.15, 0.2) is 84.6 Å². The minimum Gasteiger partial charge on any atom is -0.497 e. The normalized spacial score (nSPS) is 13.8. The zero-order valence-corrected chi connectivity index (χ0v) is 15.6. The molecule has 0 aromatic heterocycles. The molecule has 144 valence electrons. The maximum absolute atomic E-state index is 13.3. The van der Waals surface area contributed by atoms with Gasteiger partial charge in [0.1, 0.15) is 17.3 Å². The van der Waals surface area contributed by atoms with Gasteiger partial charge in [0.2, 0.25) is 0 Å². The summed E-state index contributed by atoms with van der Waals surface area (Å²) in [4.78, 5) is 27.5. The molecular formula is C23H17FN2O3. The van der Waals surface area contributed by atoms with Crippen molar-refractivity contribution in [3.8, 4) is 5.75 Å². The first-order valence-electron chi connectivity index (χ1n) is 8.93. The lowest BCUT2D eigenvalue weighted by atomic mass is 10.0. The number of halogens is 1. The van der Waals surface area contributed by atoms with Crippen LogP contribution >= 0.6 is 0 Å². The van der Waals surface area contributed by atoms with E-state index in [1.54, 1.807) is 55.6 Å². The number of nitrogens with zero attached hydrogens (tertiary/aromatic N) is 1. The molecule has 0 saturated heterocycles. The standard InChI is InChI=1S/C23H17FN2O3/c1-29-19-9-5-8-17(14-19)25-21-20(15-6-3-2-4-7-15)22(27)26(23(21)28)18-12-10-16(24)11-13-18/h2-14,25H,1H3. The fourth-order valence-corrected chi connectivity index (χ4v) is 3.19. The van der Waals surface area contributed by atoms with Crippen LogP contribution in [0.3, 0.4) is 0 Å². The van der Waals surface area contributed by atoms with Crippen molar-refractivity contribution in [1.82, 2.24) is 0 Å². The minimum absolute atomic E-state index is 0.152. The molecule has 1 N–H and O–H groups in total. The highest BCUT2D eigenvalue weighted by Gasteiger charge is 2.40. The molecular weight excluding hydrogens is 371 g/mol. The first kappa shape index (κ1) is 18.4. The summed E-state index contributed by atoms with van der Waals surface area (Å²) in [6.45, 7) is 0. The summed E-state index contributed by atoms with van der Waals surface area (Å²) in [7, 11) is 1.55. The number of ether oxygens (including phenoxy) is 1. The lowest BCUT2D eigenvalue weighted by Gasteiger charge is -2.15. The van der Waals surface area contributed by atoms with Crippen LogP contribution in [0.2, 0.25) is 0 Å². The molecule has 0 saturated carbocycles. The van der Waals surface area contributed by atoms with Crippen molar-refractivity contribution in [2.24, 2.45) is 0 Å². The smallest absolute Gasteiger partial charge is 0.282 e. The maximum atomic E-state index is 13.3. The Morgan fingerprint density at radius 2 is 1.59 bits per heavy atom. The molecule has 4 rings (SSSR count). The molecule has 0 spiro atoms. The lowest BCUT2D eigenvalue weighted by Crippen LogP contribution is -2.32. The predicted octanol–water partition coefficient (Wildman–Crippen LogP) is 4.23. The highest BCUT2D eigenvalue weighted by atomic mass is 19.1. The van der Waals surface area contributed by atoms with E-state index in [1.165, 1.54) is 24.3 Å². The van der Waals surface area contributed by atoms with Crippen LogP contribution in [0, 0.1) is 5.82 Å². The Kier molecular flexibility index (Phi) is 4.83. The summed E-state index contributed by atoms with van der Waals surface area (Å²) in [5.41, 5.74) is 1.93. The van der Waals surface area contributed by atoms with Gasteiger partial charge in [-0.15, -0.1) is 0 Å². The fourth-order valence-electron chi connectivity index (χ4n) is 3.19. The summed E-state index contributed by atoms with van der Waals surface area (Å²) in [5, 5.41) is 3.07. The van der Waals surface area contributed by atoms with Crippen LogP contribution in [0.5, 0.6) is 5.75 Å². The van der Waals surface area contributed by atoms with E-state index in [2.05, 4.69) is 5.32 Å². The van der Waals surface area contributed by atoms with Crippen LogP contribution in [-0.4, -0.2) is 18.9 Å². The number of hydrogen-bond acceptors (Lipinski definition) is 4. The van der Waals surface area contributed by atoms with Crippen molar-refractivity contribution >= 4 is 28.8 Å². The first-order valence-corrected chi connectivity index (χ1v) is 8.93. The molecule has 0 atom stereocenters. The van der Waals surface area contributed by atoms with Gasteiger partial charge in [0, 0.05) is 11.8 Å². The monoisotopic (exact) mass is 388 g/mol. The number of rotatable bonds is 5. The Bertz CT molecular complexity index is 1110. The number of carbonyl (C=O) groups is 2. The maximum Gasteiger partial charge on any atom is 0.282 e. The molecule has 0 unspecified atom stereocenters. The second-order valence-corrected chi connectivity index (χ2v) is 6.40. The third-order valence-corrected chi connectivity index (χ3v) is 4.57. The largest absolute Gasteiger partial charge is 0.497 e. The average molecular weight is 388 g/mol. The van der Waals surface area contributed by atoms with E-state index in [0.717, 1.165) is 4.90 Å². The van der Waals surface area contributed by atoms with Gasteiger partial charge < -0.3 is 10.1 Å². The molecule has 6 heteroatoms. The highest BCUT2D eigenvalue weighted by molar-refractivity contribution is 6.46. The fraction of sp³-hybridized carbons (Fsp3) is 0.0435. The van der Waals surface area contributed by atoms with Gasteiger partial charge in [-0.05, 0) is 42.0 Å². The molecule has 0 fully saturated rings. The zero-order chi connectivity index (χ0) is 20.4. The predicted molar refractivity (Wildman–Crippen MR) is 109 cm³/mol. The number of methoxy groups -OCH3 is 1. The molecule has 1 aliphatic heterocycles. The number of hydrogen-bond donors (Lipinski definition) is 1. The second-order valence-electron chi connectivity index (χ2n) is 6.40. The van der Waals surface area contributed by atoms with Gasteiger partial charge in [-0.1, -0.05) is 36.4 Å². The van der Waals surface area contributed by atoms with Crippen molar-refractivity contribution in [2.45, 2.75) is 0 Å². The number of imide groups is 1. The number of nitrogens with one attached hydrogen (secondary N) is 1. The van der Waals surface area contributed by atoms with Crippen LogP contribution in [-0.2, 0) is 9.59 Å². The molecule has 3 aromatic carbocycles. The summed E-state index contributed by atoms with van der Waals surface area (Å²) in [6, 6.07) is 21.3. The molecule has 0 bridgehead atoms. The molecule has 2 amide bonds. The van der Waals surface area contributed by atoms with E-state index in [1.807, 2.05) is 6.07 Å². The third-order valence-electron chi connectivity index (χ3n) is 4.57. The third kappa shape index (κ3) is 3.48. The van der Waals surface area contributed by atoms with Gasteiger partial charge in [-0.25, -0.2) is 9.29 Å².